The molecule has 0 bridgehead atoms. The first-order valence-corrected chi connectivity index (χ1v) is 10.9. The summed E-state index contributed by atoms with van der Waals surface area (Å²) in [4.78, 5) is 18.2. The molecule has 0 aliphatic heterocycles. The Morgan fingerprint density at radius 3 is 2.48 bits per heavy atom. The summed E-state index contributed by atoms with van der Waals surface area (Å²) in [5, 5.41) is 19.4. The van der Waals surface area contributed by atoms with Gasteiger partial charge in [0.1, 0.15) is 11.2 Å². The van der Waals surface area contributed by atoms with Gasteiger partial charge in [-0.1, -0.05) is 55.5 Å². The number of benzene rings is 2. The molecule has 3 aromatic heterocycles. The van der Waals surface area contributed by atoms with E-state index in [-0.39, 0.29) is 5.56 Å². The molecule has 33 heavy (non-hydrogen) atoms. The Labute approximate surface area is 190 Å². The molecule has 9 heteroatoms. The molecular weight excluding hydrogens is 416 g/mol. The summed E-state index contributed by atoms with van der Waals surface area (Å²) in [5.74, 6) is 1.33. The average molecular weight is 441 g/mol. The van der Waals surface area contributed by atoms with Crippen LogP contribution in [0.3, 0.4) is 0 Å². The van der Waals surface area contributed by atoms with Crippen molar-refractivity contribution in [3.8, 4) is 22.5 Å². The monoisotopic (exact) mass is 440 g/mol. The zero-order valence-electron chi connectivity index (χ0n) is 18.8. The molecule has 3 heterocycles. The summed E-state index contributed by atoms with van der Waals surface area (Å²) in [6, 6.07) is 16.2. The molecule has 0 aliphatic rings. The van der Waals surface area contributed by atoms with Gasteiger partial charge in [0.05, 0.1) is 12.2 Å². The third kappa shape index (κ3) is 3.71. The number of nitrogens with zero attached hydrogens (tertiary/aromatic N) is 7. The quantitative estimate of drug-likeness (QED) is 0.434. The third-order valence-electron chi connectivity index (χ3n) is 5.79. The van der Waals surface area contributed by atoms with Gasteiger partial charge < -0.3 is 0 Å². The molecule has 0 atom stereocenters. The first-order valence-electron chi connectivity index (χ1n) is 10.9. The summed E-state index contributed by atoms with van der Waals surface area (Å²) in [6.45, 7) is 4.40. The van der Waals surface area contributed by atoms with Crippen molar-refractivity contribution in [2.24, 2.45) is 7.05 Å². The number of fused-ring (bicyclic) bond motifs is 1. The minimum absolute atomic E-state index is 0.0411. The van der Waals surface area contributed by atoms with Gasteiger partial charge >= 0.3 is 0 Å². The number of hydrogen-bond acceptors (Lipinski definition) is 6. The molecule has 166 valence electrons. The van der Waals surface area contributed by atoms with Crippen molar-refractivity contribution in [3.63, 3.8) is 0 Å². The molecule has 2 aromatic carbocycles. The van der Waals surface area contributed by atoms with Gasteiger partial charge in [-0.3, -0.25) is 9.36 Å². The molecule has 0 saturated heterocycles. The molecule has 5 aromatic rings. The van der Waals surface area contributed by atoms with E-state index in [1.807, 2.05) is 50.4 Å². The predicted molar refractivity (Wildman–Crippen MR) is 126 cm³/mol. The summed E-state index contributed by atoms with van der Waals surface area (Å²) in [6.07, 6.45) is 1.63. The van der Waals surface area contributed by atoms with Gasteiger partial charge in [0.2, 0.25) is 5.82 Å². The average Bonchev–Trinajstić information content (AvgIpc) is 3.45. The highest BCUT2D eigenvalue weighted by Gasteiger charge is 2.17. The van der Waals surface area contributed by atoms with Crippen LogP contribution in [0.1, 0.15) is 30.4 Å². The highest BCUT2D eigenvalue weighted by atomic mass is 16.1. The summed E-state index contributed by atoms with van der Waals surface area (Å²) in [5.41, 5.74) is 5.29. The van der Waals surface area contributed by atoms with Crippen LogP contribution in [-0.2, 0) is 20.0 Å². The lowest BCUT2D eigenvalue weighted by molar-refractivity contribution is 0.660. The number of nitrogens with one attached hydrogen (secondary N) is 1. The largest absolute Gasteiger partial charge is 0.291 e. The number of hydrogen-bond donors (Lipinski definition) is 1. The first kappa shape index (κ1) is 20.7. The Hall–Kier alpha value is -4.14. The van der Waals surface area contributed by atoms with Gasteiger partial charge in [-0.25, -0.2) is 9.67 Å². The zero-order valence-corrected chi connectivity index (χ0v) is 18.8. The number of tetrazole rings is 1. The van der Waals surface area contributed by atoms with Gasteiger partial charge in [-0.2, -0.15) is 10.3 Å². The molecule has 0 fully saturated rings. The van der Waals surface area contributed by atoms with Gasteiger partial charge in [0.25, 0.3) is 5.56 Å². The second-order valence-corrected chi connectivity index (χ2v) is 8.05. The van der Waals surface area contributed by atoms with E-state index < -0.39 is 0 Å². The molecule has 0 saturated carbocycles. The molecule has 0 unspecified atom stereocenters. The van der Waals surface area contributed by atoms with Crippen molar-refractivity contribution in [2.75, 3.05) is 0 Å². The van der Waals surface area contributed by atoms with E-state index in [9.17, 15) is 4.79 Å². The van der Waals surface area contributed by atoms with Crippen LogP contribution in [0.5, 0.6) is 0 Å². The minimum Gasteiger partial charge on any atom is -0.291 e. The van der Waals surface area contributed by atoms with Crippen LogP contribution in [0, 0.1) is 6.92 Å². The van der Waals surface area contributed by atoms with Crippen LogP contribution < -0.4 is 5.56 Å². The summed E-state index contributed by atoms with van der Waals surface area (Å²) < 4.78 is 3.47. The molecule has 1 N–H and O–H groups in total. The topological polar surface area (TPSA) is 107 Å². The maximum atomic E-state index is 13.4. The Kier molecular flexibility index (Phi) is 5.29. The molecule has 9 nitrogen and oxygen atoms in total. The van der Waals surface area contributed by atoms with Crippen LogP contribution in [0.4, 0.5) is 0 Å². The molecule has 0 aliphatic carbocycles. The third-order valence-corrected chi connectivity index (χ3v) is 5.79. The predicted octanol–water partition coefficient (Wildman–Crippen LogP) is 3.29. The fourth-order valence-corrected chi connectivity index (χ4v) is 4.21. The van der Waals surface area contributed by atoms with Crippen molar-refractivity contribution in [1.29, 1.82) is 0 Å². The maximum Gasteiger partial charge on any atom is 0.265 e. The van der Waals surface area contributed by atoms with E-state index in [1.165, 1.54) is 0 Å². The van der Waals surface area contributed by atoms with E-state index in [0.29, 0.717) is 29.1 Å². The van der Waals surface area contributed by atoms with E-state index >= 15 is 0 Å². The van der Waals surface area contributed by atoms with Crippen molar-refractivity contribution in [3.05, 3.63) is 76.0 Å². The molecule has 0 spiro atoms. The Morgan fingerprint density at radius 2 is 1.79 bits per heavy atom. The fourth-order valence-electron chi connectivity index (χ4n) is 4.21. The second kappa shape index (κ2) is 8.42. The van der Waals surface area contributed by atoms with Crippen LogP contribution in [0.25, 0.3) is 33.5 Å². The lowest BCUT2D eigenvalue weighted by Gasteiger charge is -2.13. The SMILES string of the molecule is CCCc1nc2c(c(C)nn2C)c(=O)n1Cc1ccc(-c2ccccc2-c2nn[nH]n2)cc1. The van der Waals surface area contributed by atoms with Crippen LogP contribution in [-0.4, -0.2) is 40.0 Å². The van der Waals surface area contributed by atoms with E-state index in [4.69, 9.17) is 4.98 Å². The van der Waals surface area contributed by atoms with Crippen LogP contribution >= 0.6 is 0 Å². The number of aromatic amines is 1. The molecular formula is C24H24N8O. The fraction of sp³-hybridized carbons (Fsp3) is 0.250. The van der Waals surface area contributed by atoms with E-state index in [2.05, 4.69) is 44.8 Å². The van der Waals surface area contributed by atoms with E-state index in [0.717, 1.165) is 40.9 Å². The van der Waals surface area contributed by atoms with Gasteiger partial charge in [0.15, 0.2) is 5.65 Å². The lowest BCUT2D eigenvalue weighted by atomic mass is 9.98. The van der Waals surface area contributed by atoms with Gasteiger partial charge in [-0.15, -0.1) is 10.2 Å². The Morgan fingerprint density at radius 1 is 1.03 bits per heavy atom. The number of aromatic nitrogens is 8. The number of H-pyrrole nitrogens is 1. The Balaban J connectivity index is 1.52. The van der Waals surface area contributed by atoms with E-state index in [1.54, 1.807) is 9.25 Å². The summed E-state index contributed by atoms with van der Waals surface area (Å²) in [7, 11) is 1.83. The molecule has 5 rings (SSSR count). The molecule has 0 amide bonds. The zero-order chi connectivity index (χ0) is 22.9. The minimum atomic E-state index is -0.0411. The standard InChI is InChI=1S/C24H24N8O/c1-4-7-20-25-23-21(15(2)28-31(23)3)24(33)32(20)14-16-10-12-17(13-11-16)18-8-5-6-9-19(18)22-26-29-30-27-22/h5-6,8-13H,4,7,14H2,1-3H3,(H,26,27,29,30). The smallest absolute Gasteiger partial charge is 0.265 e. The lowest BCUT2D eigenvalue weighted by Crippen LogP contribution is -2.26. The number of aryl methyl sites for hydroxylation is 3. The molecule has 0 radical (unpaired) electrons. The first-order chi connectivity index (χ1) is 16.1. The normalized spacial score (nSPS) is 11.4. The van der Waals surface area contributed by atoms with Crippen molar-refractivity contribution in [1.82, 2.24) is 40.0 Å². The Bertz CT molecular complexity index is 1480. The van der Waals surface area contributed by atoms with Crippen molar-refractivity contribution < 1.29 is 0 Å². The van der Waals surface area contributed by atoms with Crippen molar-refractivity contribution in [2.45, 2.75) is 33.2 Å². The van der Waals surface area contributed by atoms with Gasteiger partial charge in [-0.05, 0) is 35.2 Å². The van der Waals surface area contributed by atoms with Crippen LogP contribution in [0.2, 0.25) is 0 Å². The highest BCUT2D eigenvalue weighted by molar-refractivity contribution is 5.80. The van der Waals surface area contributed by atoms with Crippen molar-refractivity contribution >= 4 is 11.0 Å². The van der Waals surface area contributed by atoms with Gasteiger partial charge in [0, 0.05) is 19.0 Å². The second-order valence-electron chi connectivity index (χ2n) is 8.05. The van der Waals surface area contributed by atoms with Crippen LogP contribution in [0.15, 0.2) is 53.3 Å². The summed E-state index contributed by atoms with van der Waals surface area (Å²) >= 11 is 0. The highest BCUT2D eigenvalue weighted by Crippen LogP contribution is 2.29. The maximum absolute atomic E-state index is 13.4. The number of rotatable bonds is 6.